The van der Waals surface area contributed by atoms with Gasteiger partial charge in [0.2, 0.25) is 0 Å². The maximum absolute atomic E-state index is 14.1. The summed E-state index contributed by atoms with van der Waals surface area (Å²) in [5.41, 5.74) is 1.79. The van der Waals surface area contributed by atoms with E-state index >= 15 is 0 Å². The number of hydrogen-bond acceptors (Lipinski definition) is 6. The van der Waals surface area contributed by atoms with Crippen LogP contribution >= 0.6 is 0 Å². The Bertz CT molecular complexity index is 1320. The number of aliphatic hydroxyl groups excluding tert-OH is 1. The number of rotatable bonds is 7. The van der Waals surface area contributed by atoms with Gasteiger partial charge in [-0.2, -0.15) is 0 Å². The summed E-state index contributed by atoms with van der Waals surface area (Å²) in [6.07, 6.45) is 0. The number of hydrogen-bond donors (Lipinski definition) is 1. The normalized spacial score (nSPS) is 16.8. The first kappa shape index (κ1) is 24.8. The molecule has 1 amide bonds. The van der Waals surface area contributed by atoms with E-state index in [9.17, 15) is 19.1 Å². The molecule has 1 heterocycles. The Morgan fingerprint density at radius 1 is 1.03 bits per heavy atom. The number of halogens is 1. The minimum absolute atomic E-state index is 0.0191. The van der Waals surface area contributed by atoms with Gasteiger partial charge in [0.05, 0.1) is 30.9 Å². The lowest BCUT2D eigenvalue weighted by atomic mass is 9.94. The molecule has 1 N–H and O–H groups in total. The van der Waals surface area contributed by atoms with Crippen molar-refractivity contribution < 1.29 is 28.6 Å². The zero-order valence-electron chi connectivity index (χ0n) is 20.5. The number of carbonyl (C=O) groups is 2. The highest BCUT2D eigenvalue weighted by Crippen LogP contribution is 2.43. The Kier molecular flexibility index (Phi) is 6.96. The van der Waals surface area contributed by atoms with Crippen LogP contribution in [0.5, 0.6) is 11.5 Å². The Morgan fingerprint density at radius 3 is 2.28 bits per heavy atom. The van der Waals surface area contributed by atoms with Crippen LogP contribution in [0.1, 0.15) is 24.1 Å². The number of anilines is 2. The number of carbonyl (C=O) groups excluding carboxylic acids is 2. The van der Waals surface area contributed by atoms with Gasteiger partial charge in [-0.15, -0.1) is 0 Å². The summed E-state index contributed by atoms with van der Waals surface area (Å²) in [6.45, 7) is 2.35. The smallest absolute Gasteiger partial charge is 0.300 e. The van der Waals surface area contributed by atoms with Crippen molar-refractivity contribution in [1.29, 1.82) is 0 Å². The van der Waals surface area contributed by atoms with Gasteiger partial charge in [-0.1, -0.05) is 12.1 Å². The fraction of sp³-hybridized carbons (Fsp3) is 0.214. The van der Waals surface area contributed by atoms with Crippen LogP contribution < -0.4 is 19.3 Å². The van der Waals surface area contributed by atoms with Crippen molar-refractivity contribution in [3.63, 3.8) is 0 Å². The fourth-order valence-electron chi connectivity index (χ4n) is 4.25. The van der Waals surface area contributed by atoms with Crippen molar-refractivity contribution in [2.24, 2.45) is 0 Å². The van der Waals surface area contributed by atoms with Gasteiger partial charge in [-0.25, -0.2) is 4.39 Å². The van der Waals surface area contributed by atoms with E-state index in [2.05, 4.69) is 0 Å². The van der Waals surface area contributed by atoms with Crippen molar-refractivity contribution in [3.8, 4) is 11.5 Å². The van der Waals surface area contributed by atoms with Crippen LogP contribution in [-0.2, 0) is 9.59 Å². The fourth-order valence-corrected chi connectivity index (χ4v) is 4.25. The molecule has 1 unspecified atom stereocenters. The summed E-state index contributed by atoms with van der Waals surface area (Å²) in [4.78, 5) is 29.9. The van der Waals surface area contributed by atoms with E-state index in [4.69, 9.17) is 9.47 Å². The molecule has 186 valence electrons. The second-order valence-corrected chi connectivity index (χ2v) is 8.43. The lowest BCUT2D eigenvalue weighted by Gasteiger charge is -2.26. The van der Waals surface area contributed by atoms with Crippen LogP contribution in [-0.4, -0.2) is 44.6 Å². The van der Waals surface area contributed by atoms with Gasteiger partial charge < -0.3 is 19.5 Å². The largest absolute Gasteiger partial charge is 0.507 e. The minimum Gasteiger partial charge on any atom is -0.507 e. The standard InChI is InChI=1S/C28H27FN2O5/c1-5-36-21-13-6-17(7-14-21)25-24(26(32)22-16-18(29)8-15-23(22)35-4)27(33)28(34)31(25)20-11-9-19(10-12-20)30(2)3/h6-16,25,32H,5H2,1-4H3/b26-24+. The molecule has 4 rings (SSSR count). The second-order valence-electron chi connectivity index (χ2n) is 8.43. The molecule has 0 saturated carbocycles. The van der Waals surface area contributed by atoms with Gasteiger partial charge in [-0.3, -0.25) is 14.5 Å². The van der Waals surface area contributed by atoms with Crippen LogP contribution in [0.25, 0.3) is 5.76 Å². The predicted octanol–water partition coefficient (Wildman–Crippen LogP) is 4.93. The Hall–Kier alpha value is -4.33. The van der Waals surface area contributed by atoms with Gasteiger partial charge in [-0.05, 0) is 67.1 Å². The zero-order valence-corrected chi connectivity index (χ0v) is 20.5. The number of methoxy groups -OCH3 is 1. The van der Waals surface area contributed by atoms with Crippen molar-refractivity contribution in [2.75, 3.05) is 37.6 Å². The molecule has 1 aliphatic rings. The van der Waals surface area contributed by atoms with Gasteiger partial charge >= 0.3 is 0 Å². The number of benzene rings is 3. The molecule has 1 aliphatic heterocycles. The highest BCUT2D eigenvalue weighted by molar-refractivity contribution is 6.51. The first-order valence-corrected chi connectivity index (χ1v) is 11.4. The molecule has 0 bridgehead atoms. The number of ether oxygens (including phenoxy) is 2. The van der Waals surface area contributed by atoms with Crippen molar-refractivity contribution in [1.82, 2.24) is 0 Å². The highest BCUT2D eigenvalue weighted by atomic mass is 19.1. The molecule has 1 atom stereocenters. The van der Waals surface area contributed by atoms with Crippen molar-refractivity contribution in [2.45, 2.75) is 13.0 Å². The lowest BCUT2D eigenvalue weighted by molar-refractivity contribution is -0.132. The third-order valence-electron chi connectivity index (χ3n) is 6.01. The third kappa shape index (κ3) is 4.49. The van der Waals surface area contributed by atoms with Crippen molar-refractivity contribution >= 4 is 28.8 Å². The molecule has 0 aliphatic carbocycles. The number of amides is 1. The van der Waals surface area contributed by atoms with E-state index < -0.39 is 29.3 Å². The zero-order chi connectivity index (χ0) is 26.0. The van der Waals surface area contributed by atoms with E-state index in [0.29, 0.717) is 23.6 Å². The molecular formula is C28H27FN2O5. The average molecular weight is 491 g/mol. The molecule has 0 spiro atoms. The first-order valence-electron chi connectivity index (χ1n) is 11.4. The molecule has 8 heteroatoms. The van der Waals surface area contributed by atoms with Crippen LogP contribution in [0.15, 0.2) is 72.3 Å². The molecule has 0 radical (unpaired) electrons. The summed E-state index contributed by atoms with van der Waals surface area (Å²) in [5.74, 6) is -2.03. The summed E-state index contributed by atoms with van der Waals surface area (Å²) in [5, 5.41) is 11.3. The van der Waals surface area contributed by atoms with Gasteiger partial charge in [0, 0.05) is 25.5 Å². The molecule has 36 heavy (non-hydrogen) atoms. The number of Topliss-reactive ketones (excluding diaryl/α,β-unsaturated/α-hetero) is 1. The number of aliphatic hydroxyl groups is 1. The SMILES string of the molecule is CCOc1ccc(C2/C(=C(\O)c3cc(F)ccc3OC)C(=O)C(=O)N2c2ccc(N(C)C)cc2)cc1. The van der Waals surface area contributed by atoms with Crippen molar-refractivity contribution in [3.05, 3.63) is 89.2 Å². The molecule has 3 aromatic rings. The summed E-state index contributed by atoms with van der Waals surface area (Å²) >= 11 is 0. The Balaban J connectivity index is 1.92. The third-order valence-corrected chi connectivity index (χ3v) is 6.01. The van der Waals surface area contributed by atoms with E-state index in [-0.39, 0.29) is 16.9 Å². The summed E-state index contributed by atoms with van der Waals surface area (Å²) in [7, 11) is 5.17. The maximum atomic E-state index is 14.1. The minimum atomic E-state index is -0.959. The van der Waals surface area contributed by atoms with E-state index in [1.807, 2.05) is 38.1 Å². The lowest BCUT2D eigenvalue weighted by Crippen LogP contribution is -2.29. The highest BCUT2D eigenvalue weighted by Gasteiger charge is 2.47. The van der Waals surface area contributed by atoms with Gasteiger partial charge in [0.1, 0.15) is 23.1 Å². The number of ketones is 1. The number of nitrogens with zero attached hydrogens (tertiary/aromatic N) is 2. The molecule has 1 fully saturated rings. The Morgan fingerprint density at radius 2 is 1.69 bits per heavy atom. The van der Waals surface area contributed by atoms with Gasteiger partial charge in [0.25, 0.3) is 11.7 Å². The average Bonchev–Trinajstić information content (AvgIpc) is 3.14. The second kappa shape index (κ2) is 10.1. The van der Waals surface area contributed by atoms with E-state index in [1.165, 1.54) is 24.1 Å². The van der Waals surface area contributed by atoms with E-state index in [1.54, 1.807) is 36.4 Å². The van der Waals surface area contributed by atoms with Crippen LogP contribution in [0.2, 0.25) is 0 Å². The summed E-state index contributed by atoms with van der Waals surface area (Å²) < 4.78 is 24.9. The molecule has 3 aromatic carbocycles. The van der Waals surface area contributed by atoms with E-state index in [0.717, 1.165) is 11.8 Å². The van der Waals surface area contributed by atoms with Crippen LogP contribution in [0, 0.1) is 5.82 Å². The first-order chi connectivity index (χ1) is 17.3. The van der Waals surface area contributed by atoms with Crippen LogP contribution in [0.4, 0.5) is 15.8 Å². The molecule has 1 saturated heterocycles. The monoisotopic (exact) mass is 490 g/mol. The molecular weight excluding hydrogens is 463 g/mol. The molecule has 7 nitrogen and oxygen atoms in total. The topological polar surface area (TPSA) is 79.3 Å². The van der Waals surface area contributed by atoms with Gasteiger partial charge in [0.15, 0.2) is 0 Å². The quantitative estimate of drug-likeness (QED) is 0.288. The van der Waals surface area contributed by atoms with Crippen LogP contribution in [0.3, 0.4) is 0 Å². The maximum Gasteiger partial charge on any atom is 0.300 e. The summed E-state index contributed by atoms with van der Waals surface area (Å²) in [6, 6.07) is 16.7. The molecule has 0 aromatic heterocycles. The predicted molar refractivity (Wildman–Crippen MR) is 136 cm³/mol. The Labute approximate surface area is 209 Å².